The third-order valence-corrected chi connectivity index (χ3v) is 1.69. The van der Waals surface area contributed by atoms with E-state index in [0.29, 0.717) is 0 Å². The quantitative estimate of drug-likeness (QED) is 0.563. The molecule has 0 saturated carbocycles. The number of carboxylic acids is 1. The van der Waals surface area contributed by atoms with Gasteiger partial charge in [0.15, 0.2) is 0 Å². The first kappa shape index (κ1) is 10.2. The number of carboxylic acid groups (broad SMARTS) is 1. The van der Waals surface area contributed by atoms with Crippen LogP contribution in [0.1, 0.15) is 12.5 Å². The van der Waals surface area contributed by atoms with E-state index in [0.717, 1.165) is 6.07 Å². The summed E-state index contributed by atoms with van der Waals surface area (Å²) in [4.78, 5) is 10.7. The van der Waals surface area contributed by atoms with Gasteiger partial charge in [-0.2, -0.15) is 0 Å². The Morgan fingerprint density at radius 1 is 1.36 bits per heavy atom. The van der Waals surface area contributed by atoms with Crippen LogP contribution in [0, 0.1) is 5.82 Å². The minimum Gasteiger partial charge on any atom is -0.512 e. The highest BCUT2D eigenvalue weighted by molar-refractivity contribution is 6.15. The molecule has 0 radical (unpaired) electrons. The fourth-order valence-electron chi connectivity index (χ4n) is 1.13. The molecule has 0 aromatic heterocycles. The summed E-state index contributed by atoms with van der Waals surface area (Å²) in [7, 11) is 0. The Kier molecular flexibility index (Phi) is 2.86. The zero-order valence-electron chi connectivity index (χ0n) is 7.49. The minimum absolute atomic E-state index is 0.150. The molecule has 0 heterocycles. The van der Waals surface area contributed by atoms with E-state index >= 15 is 0 Å². The van der Waals surface area contributed by atoms with Gasteiger partial charge < -0.3 is 10.2 Å². The van der Waals surface area contributed by atoms with Crippen LogP contribution in [0.5, 0.6) is 0 Å². The molecule has 0 unspecified atom stereocenters. The number of benzene rings is 1. The molecule has 0 aliphatic heterocycles. The first-order chi connectivity index (χ1) is 6.52. The van der Waals surface area contributed by atoms with Crippen molar-refractivity contribution in [1.29, 1.82) is 0 Å². The van der Waals surface area contributed by atoms with Crippen LogP contribution in [-0.4, -0.2) is 16.2 Å². The number of hydrogen-bond donors (Lipinski definition) is 2. The summed E-state index contributed by atoms with van der Waals surface area (Å²) in [5, 5.41) is 17.9. The fraction of sp³-hybridized carbons (Fsp3) is 0.100. The molecule has 0 aliphatic carbocycles. The Labute approximate surface area is 80.1 Å². The van der Waals surface area contributed by atoms with E-state index in [1.165, 1.54) is 25.1 Å². The lowest BCUT2D eigenvalue weighted by atomic mass is 10.1. The highest BCUT2D eigenvalue weighted by Crippen LogP contribution is 2.18. The van der Waals surface area contributed by atoms with Crippen molar-refractivity contribution < 1.29 is 19.4 Å². The topological polar surface area (TPSA) is 57.5 Å². The lowest BCUT2D eigenvalue weighted by molar-refractivity contribution is -0.130. The molecular formula is C10H9FO3. The lowest BCUT2D eigenvalue weighted by Gasteiger charge is -2.03. The Morgan fingerprint density at radius 2 is 2.00 bits per heavy atom. The number of hydrogen-bond acceptors (Lipinski definition) is 2. The van der Waals surface area contributed by atoms with Crippen LogP contribution in [-0.2, 0) is 4.79 Å². The van der Waals surface area contributed by atoms with E-state index in [2.05, 4.69) is 0 Å². The highest BCUT2D eigenvalue weighted by atomic mass is 19.1. The lowest BCUT2D eigenvalue weighted by Crippen LogP contribution is -2.02. The Morgan fingerprint density at radius 3 is 2.43 bits per heavy atom. The molecule has 1 aromatic carbocycles. The van der Waals surface area contributed by atoms with Crippen molar-refractivity contribution in [3.63, 3.8) is 0 Å². The van der Waals surface area contributed by atoms with Crippen molar-refractivity contribution in [2.75, 3.05) is 0 Å². The monoisotopic (exact) mass is 196 g/mol. The number of aliphatic hydroxyl groups excluding tert-OH is 1. The van der Waals surface area contributed by atoms with Gasteiger partial charge in [-0.3, -0.25) is 0 Å². The second-order valence-electron chi connectivity index (χ2n) is 2.78. The summed E-state index contributed by atoms with van der Waals surface area (Å²) < 4.78 is 12.8. The fourth-order valence-corrected chi connectivity index (χ4v) is 1.13. The van der Waals surface area contributed by atoms with Crippen molar-refractivity contribution >= 4 is 11.5 Å². The summed E-state index contributed by atoms with van der Waals surface area (Å²) in [5.41, 5.74) is -0.137. The highest BCUT2D eigenvalue weighted by Gasteiger charge is 2.14. The number of rotatable bonds is 2. The van der Waals surface area contributed by atoms with E-state index in [1.807, 2.05) is 0 Å². The first-order valence-corrected chi connectivity index (χ1v) is 3.91. The third-order valence-electron chi connectivity index (χ3n) is 1.69. The minimum atomic E-state index is -1.28. The van der Waals surface area contributed by atoms with Crippen LogP contribution >= 0.6 is 0 Å². The summed E-state index contributed by atoms with van der Waals surface area (Å²) in [5.74, 6) is -2.17. The molecule has 1 aromatic rings. The first-order valence-electron chi connectivity index (χ1n) is 3.91. The van der Waals surface area contributed by atoms with E-state index < -0.39 is 11.8 Å². The van der Waals surface area contributed by atoms with Crippen LogP contribution in [0.4, 0.5) is 4.39 Å². The largest absolute Gasteiger partial charge is 0.512 e. The maximum Gasteiger partial charge on any atom is 0.339 e. The van der Waals surface area contributed by atoms with E-state index in [4.69, 9.17) is 10.2 Å². The van der Waals surface area contributed by atoms with E-state index in [9.17, 15) is 9.18 Å². The van der Waals surface area contributed by atoms with Crippen molar-refractivity contribution in [2.24, 2.45) is 0 Å². The smallest absolute Gasteiger partial charge is 0.339 e. The number of aliphatic hydroxyl groups is 1. The SMILES string of the molecule is CC(O)=C(C(=O)O)c1cccc(F)c1. The molecule has 0 amide bonds. The number of allylic oxidation sites excluding steroid dienone is 1. The van der Waals surface area contributed by atoms with E-state index in [1.54, 1.807) is 0 Å². The van der Waals surface area contributed by atoms with Crippen LogP contribution in [0.15, 0.2) is 30.0 Å². The molecule has 0 spiro atoms. The van der Waals surface area contributed by atoms with Crippen molar-refractivity contribution in [2.45, 2.75) is 6.92 Å². The van der Waals surface area contributed by atoms with Gasteiger partial charge >= 0.3 is 5.97 Å². The molecule has 4 heteroatoms. The van der Waals surface area contributed by atoms with Gasteiger partial charge in [0.1, 0.15) is 17.1 Å². The normalized spacial score (nSPS) is 12.1. The van der Waals surface area contributed by atoms with Crippen LogP contribution in [0.3, 0.4) is 0 Å². The average molecular weight is 196 g/mol. The number of aliphatic carboxylic acids is 1. The molecule has 0 aliphatic rings. The van der Waals surface area contributed by atoms with Crippen LogP contribution in [0.2, 0.25) is 0 Å². The molecule has 1 rings (SSSR count). The van der Waals surface area contributed by atoms with Crippen LogP contribution < -0.4 is 0 Å². The number of halogens is 1. The molecule has 74 valence electrons. The predicted molar refractivity (Wildman–Crippen MR) is 49.3 cm³/mol. The van der Waals surface area contributed by atoms with Gasteiger partial charge in [-0.15, -0.1) is 0 Å². The molecule has 3 nitrogen and oxygen atoms in total. The molecule has 14 heavy (non-hydrogen) atoms. The summed E-state index contributed by atoms with van der Waals surface area (Å²) in [6, 6.07) is 5.07. The van der Waals surface area contributed by atoms with Gasteiger partial charge in [0.05, 0.1) is 0 Å². The molecule has 0 bridgehead atoms. The molecule has 2 N–H and O–H groups in total. The second kappa shape index (κ2) is 3.91. The maximum absolute atomic E-state index is 12.8. The van der Waals surface area contributed by atoms with E-state index in [-0.39, 0.29) is 16.9 Å². The van der Waals surface area contributed by atoms with Crippen molar-refractivity contribution in [3.8, 4) is 0 Å². The van der Waals surface area contributed by atoms with Gasteiger partial charge in [0.25, 0.3) is 0 Å². The molecule has 0 fully saturated rings. The van der Waals surface area contributed by atoms with Crippen LogP contribution in [0.25, 0.3) is 5.57 Å². The predicted octanol–water partition coefficient (Wildman–Crippen LogP) is 2.20. The number of carbonyl (C=O) groups is 1. The van der Waals surface area contributed by atoms with Gasteiger partial charge in [-0.1, -0.05) is 12.1 Å². The average Bonchev–Trinajstić information content (AvgIpc) is 2.02. The zero-order chi connectivity index (χ0) is 10.7. The third kappa shape index (κ3) is 2.10. The molecule has 0 saturated heterocycles. The standard InChI is InChI=1S/C10H9FO3/c1-6(12)9(10(13)14)7-3-2-4-8(11)5-7/h2-5,12H,1H3,(H,13,14). The van der Waals surface area contributed by atoms with Crippen molar-refractivity contribution in [1.82, 2.24) is 0 Å². The van der Waals surface area contributed by atoms with Gasteiger partial charge in [-0.05, 0) is 24.6 Å². The second-order valence-corrected chi connectivity index (χ2v) is 2.78. The molecular weight excluding hydrogens is 187 g/mol. The van der Waals surface area contributed by atoms with Gasteiger partial charge in [-0.25, -0.2) is 9.18 Å². The Bertz CT molecular complexity index is 392. The summed E-state index contributed by atoms with van der Waals surface area (Å²) in [6.07, 6.45) is 0. The van der Waals surface area contributed by atoms with Crippen molar-refractivity contribution in [3.05, 3.63) is 41.4 Å². The zero-order valence-corrected chi connectivity index (χ0v) is 7.49. The maximum atomic E-state index is 12.8. The Balaban J connectivity index is 3.27. The van der Waals surface area contributed by atoms with Gasteiger partial charge in [0, 0.05) is 0 Å². The molecule has 0 atom stereocenters. The summed E-state index contributed by atoms with van der Waals surface area (Å²) >= 11 is 0. The summed E-state index contributed by atoms with van der Waals surface area (Å²) in [6.45, 7) is 1.24. The van der Waals surface area contributed by atoms with Gasteiger partial charge in [0.2, 0.25) is 0 Å². The Hall–Kier alpha value is -1.84.